The first-order chi connectivity index (χ1) is 9.97. The molecule has 3 nitrogen and oxygen atoms in total. The first-order valence-electron chi connectivity index (χ1n) is 7.70. The summed E-state index contributed by atoms with van der Waals surface area (Å²) < 4.78 is 38.9. The van der Waals surface area contributed by atoms with Crippen molar-refractivity contribution in [3.05, 3.63) is 30.1 Å². The fourth-order valence-corrected chi connectivity index (χ4v) is 4.60. The maximum absolute atomic E-state index is 13.3. The zero-order valence-electron chi connectivity index (χ0n) is 13.1. The number of rotatable bonds is 9. The zero-order chi connectivity index (χ0) is 15.9. The summed E-state index contributed by atoms with van der Waals surface area (Å²) >= 11 is 0. The van der Waals surface area contributed by atoms with Crippen LogP contribution in [0.15, 0.2) is 29.2 Å². The van der Waals surface area contributed by atoms with Crippen LogP contribution in [0.25, 0.3) is 0 Å². The molecule has 0 fully saturated rings. The van der Waals surface area contributed by atoms with Gasteiger partial charge in [-0.1, -0.05) is 33.3 Å². The molecule has 0 heterocycles. The van der Waals surface area contributed by atoms with Crippen molar-refractivity contribution in [3.63, 3.8) is 0 Å². The number of nitrogens with one attached hydrogen (secondary N) is 1. The average Bonchev–Trinajstić information content (AvgIpc) is 2.45. The average molecular weight is 315 g/mol. The molecule has 120 valence electrons. The van der Waals surface area contributed by atoms with Crippen LogP contribution in [0.1, 0.15) is 46.5 Å². The highest BCUT2D eigenvalue weighted by Gasteiger charge is 2.32. The molecule has 0 aliphatic rings. The Morgan fingerprint density at radius 2 is 1.90 bits per heavy atom. The van der Waals surface area contributed by atoms with Gasteiger partial charge in [-0.25, -0.2) is 12.8 Å². The normalized spacial score (nSPS) is 14.9. The second-order valence-corrected chi connectivity index (χ2v) is 7.47. The van der Waals surface area contributed by atoms with Crippen molar-refractivity contribution < 1.29 is 12.8 Å². The number of benzene rings is 1. The largest absolute Gasteiger partial charge is 0.313 e. The first kappa shape index (κ1) is 18.1. The fourth-order valence-electron chi connectivity index (χ4n) is 2.60. The summed E-state index contributed by atoms with van der Waals surface area (Å²) in [4.78, 5) is 0.0775. The van der Waals surface area contributed by atoms with Crippen molar-refractivity contribution in [2.24, 2.45) is 0 Å². The van der Waals surface area contributed by atoms with Crippen LogP contribution in [0.3, 0.4) is 0 Å². The Balaban J connectivity index is 3.09. The molecule has 0 aliphatic carbocycles. The summed E-state index contributed by atoms with van der Waals surface area (Å²) in [5, 5.41) is 2.82. The summed E-state index contributed by atoms with van der Waals surface area (Å²) in [5.41, 5.74) is 0. The Bertz CT molecular complexity index is 531. The molecule has 0 aromatic heterocycles. The molecule has 21 heavy (non-hydrogen) atoms. The molecule has 2 unspecified atom stereocenters. The van der Waals surface area contributed by atoms with Gasteiger partial charge in [-0.15, -0.1) is 0 Å². The van der Waals surface area contributed by atoms with E-state index in [4.69, 9.17) is 0 Å². The van der Waals surface area contributed by atoms with Crippen LogP contribution in [-0.2, 0) is 9.84 Å². The molecular formula is C16H26FNO2S. The Hall–Kier alpha value is -0.940. The second-order valence-electron chi connectivity index (χ2n) is 5.30. The Morgan fingerprint density at radius 3 is 2.43 bits per heavy atom. The summed E-state index contributed by atoms with van der Waals surface area (Å²) in [7, 11) is -3.53. The Morgan fingerprint density at radius 1 is 1.19 bits per heavy atom. The number of sulfone groups is 1. The van der Waals surface area contributed by atoms with Gasteiger partial charge in [-0.05, 0) is 44.0 Å². The summed E-state index contributed by atoms with van der Waals surface area (Å²) in [6.45, 7) is 6.76. The Labute approximate surface area is 127 Å². The van der Waals surface area contributed by atoms with Crippen molar-refractivity contribution in [1.29, 1.82) is 0 Å². The molecule has 0 saturated heterocycles. The number of halogens is 1. The molecule has 0 amide bonds. The molecule has 0 spiro atoms. The first-order valence-corrected chi connectivity index (χ1v) is 9.24. The van der Waals surface area contributed by atoms with E-state index in [-0.39, 0.29) is 10.9 Å². The lowest BCUT2D eigenvalue weighted by atomic mass is 10.1. The number of hydrogen-bond acceptors (Lipinski definition) is 3. The van der Waals surface area contributed by atoms with Gasteiger partial charge >= 0.3 is 0 Å². The molecule has 1 rings (SSSR count). The van der Waals surface area contributed by atoms with Crippen LogP contribution < -0.4 is 5.32 Å². The van der Waals surface area contributed by atoms with E-state index in [1.807, 2.05) is 13.8 Å². The van der Waals surface area contributed by atoms with Gasteiger partial charge in [-0.3, -0.25) is 0 Å². The van der Waals surface area contributed by atoms with Gasteiger partial charge in [0, 0.05) is 6.04 Å². The molecule has 1 aromatic carbocycles. The van der Waals surface area contributed by atoms with Gasteiger partial charge < -0.3 is 5.32 Å². The van der Waals surface area contributed by atoms with E-state index in [1.165, 1.54) is 18.2 Å². The van der Waals surface area contributed by atoms with E-state index < -0.39 is 20.9 Å². The van der Waals surface area contributed by atoms with Gasteiger partial charge in [0.1, 0.15) is 5.82 Å². The SMILES string of the molecule is CCCNC(CCC)C(CC)S(=O)(=O)c1cccc(F)c1. The van der Waals surface area contributed by atoms with E-state index in [1.54, 1.807) is 0 Å². The molecular weight excluding hydrogens is 289 g/mol. The van der Waals surface area contributed by atoms with Crippen LogP contribution in [0.2, 0.25) is 0 Å². The molecule has 0 radical (unpaired) electrons. The monoisotopic (exact) mass is 315 g/mol. The van der Waals surface area contributed by atoms with Crippen LogP contribution in [-0.4, -0.2) is 26.3 Å². The maximum Gasteiger partial charge on any atom is 0.182 e. The van der Waals surface area contributed by atoms with Crippen LogP contribution in [0.4, 0.5) is 4.39 Å². The molecule has 1 aromatic rings. The van der Waals surface area contributed by atoms with E-state index in [0.717, 1.165) is 31.9 Å². The highest BCUT2D eigenvalue weighted by atomic mass is 32.2. The van der Waals surface area contributed by atoms with Gasteiger partial charge in [0.2, 0.25) is 0 Å². The summed E-state index contributed by atoms with van der Waals surface area (Å²) in [6.07, 6.45) is 3.18. The molecule has 2 atom stereocenters. The predicted molar refractivity (Wildman–Crippen MR) is 84.7 cm³/mol. The van der Waals surface area contributed by atoms with E-state index in [2.05, 4.69) is 12.2 Å². The van der Waals surface area contributed by atoms with Crippen molar-refractivity contribution >= 4 is 9.84 Å². The third kappa shape index (κ3) is 4.78. The standard InChI is InChI=1S/C16H26FNO2S/c1-4-8-15(18-11-5-2)16(6-3)21(19,20)14-10-7-9-13(17)12-14/h7,9-10,12,15-16,18H,4-6,8,11H2,1-3H3. The minimum Gasteiger partial charge on any atom is -0.313 e. The van der Waals surface area contributed by atoms with Crippen molar-refractivity contribution in [2.75, 3.05) is 6.54 Å². The van der Waals surface area contributed by atoms with Crippen LogP contribution in [0, 0.1) is 5.82 Å². The van der Waals surface area contributed by atoms with Gasteiger partial charge in [0.15, 0.2) is 9.84 Å². The lowest BCUT2D eigenvalue weighted by molar-refractivity contribution is 0.436. The quantitative estimate of drug-likeness (QED) is 0.758. The van der Waals surface area contributed by atoms with Crippen molar-refractivity contribution in [2.45, 2.75) is 62.6 Å². The van der Waals surface area contributed by atoms with E-state index in [9.17, 15) is 12.8 Å². The molecule has 0 aliphatic heterocycles. The summed E-state index contributed by atoms with van der Waals surface area (Å²) in [5.74, 6) is -0.514. The van der Waals surface area contributed by atoms with Crippen molar-refractivity contribution in [1.82, 2.24) is 5.32 Å². The van der Waals surface area contributed by atoms with E-state index >= 15 is 0 Å². The van der Waals surface area contributed by atoms with E-state index in [0.29, 0.717) is 6.42 Å². The fraction of sp³-hybridized carbons (Fsp3) is 0.625. The van der Waals surface area contributed by atoms with Crippen LogP contribution >= 0.6 is 0 Å². The van der Waals surface area contributed by atoms with Gasteiger partial charge in [0.05, 0.1) is 10.1 Å². The predicted octanol–water partition coefficient (Wildman–Crippen LogP) is 3.55. The maximum atomic E-state index is 13.3. The lowest BCUT2D eigenvalue weighted by Gasteiger charge is -2.27. The molecule has 5 heteroatoms. The molecule has 0 bridgehead atoms. The topological polar surface area (TPSA) is 46.2 Å². The van der Waals surface area contributed by atoms with Gasteiger partial charge in [0.25, 0.3) is 0 Å². The number of hydrogen-bond donors (Lipinski definition) is 1. The smallest absolute Gasteiger partial charge is 0.182 e. The minimum absolute atomic E-state index is 0.0775. The third-order valence-electron chi connectivity index (χ3n) is 3.63. The molecule has 1 N–H and O–H groups in total. The summed E-state index contributed by atoms with van der Waals surface area (Å²) in [6, 6.07) is 5.21. The van der Waals surface area contributed by atoms with Crippen LogP contribution in [0.5, 0.6) is 0 Å². The zero-order valence-corrected chi connectivity index (χ0v) is 13.9. The van der Waals surface area contributed by atoms with Crippen molar-refractivity contribution in [3.8, 4) is 0 Å². The lowest BCUT2D eigenvalue weighted by Crippen LogP contribution is -2.44. The van der Waals surface area contributed by atoms with Gasteiger partial charge in [-0.2, -0.15) is 0 Å². The highest BCUT2D eigenvalue weighted by Crippen LogP contribution is 2.23. The Kier molecular flexibility index (Phi) is 7.32. The third-order valence-corrected chi connectivity index (χ3v) is 6.00. The molecule has 0 saturated carbocycles. The minimum atomic E-state index is -3.53. The highest BCUT2D eigenvalue weighted by molar-refractivity contribution is 7.92. The second kappa shape index (κ2) is 8.49.